The minimum absolute atomic E-state index is 0.0861. The maximum absolute atomic E-state index is 10.5. The molecule has 0 aromatic carbocycles. The minimum atomic E-state index is -1.16. The molecule has 107 valence electrons. The summed E-state index contributed by atoms with van der Waals surface area (Å²) in [5.74, 6) is 1.45. The van der Waals surface area contributed by atoms with Gasteiger partial charge in [-0.15, -0.1) is 0 Å². The van der Waals surface area contributed by atoms with Crippen molar-refractivity contribution < 1.29 is 19.4 Å². The molecule has 4 rings (SSSR count). The predicted molar refractivity (Wildman–Crippen MR) is 68.0 cm³/mol. The van der Waals surface area contributed by atoms with Gasteiger partial charge < -0.3 is 9.47 Å². The highest BCUT2D eigenvalue weighted by Gasteiger charge is 2.51. The Hall–Kier alpha value is -0.610. The molecule has 0 N–H and O–H groups in total. The zero-order chi connectivity index (χ0) is 13.5. The van der Waals surface area contributed by atoms with Crippen molar-refractivity contribution in [2.24, 2.45) is 17.8 Å². The second-order valence-corrected chi connectivity index (χ2v) is 6.78. The second kappa shape index (κ2) is 5.06. The number of hydrogen-bond donors (Lipinski definition) is 0. The maximum atomic E-state index is 10.5. The lowest BCUT2D eigenvalue weighted by Gasteiger charge is -2.56. The summed E-state index contributed by atoms with van der Waals surface area (Å²) in [5, 5.41) is 10.5. The van der Waals surface area contributed by atoms with Gasteiger partial charge in [-0.1, -0.05) is 0 Å². The van der Waals surface area contributed by atoms with Gasteiger partial charge in [0.15, 0.2) is 6.10 Å². The van der Waals surface area contributed by atoms with E-state index in [9.17, 15) is 9.90 Å². The third kappa shape index (κ3) is 2.79. The van der Waals surface area contributed by atoms with Crippen molar-refractivity contribution in [1.29, 1.82) is 0 Å². The average molecular weight is 267 g/mol. The van der Waals surface area contributed by atoms with E-state index < -0.39 is 12.1 Å². The van der Waals surface area contributed by atoms with Gasteiger partial charge in [0.05, 0.1) is 18.8 Å². The van der Waals surface area contributed by atoms with Crippen LogP contribution in [0.25, 0.3) is 0 Å². The molecule has 0 heterocycles. The number of carbonyl (C=O) groups excluding carboxylic acids is 1. The van der Waals surface area contributed by atoms with E-state index in [0.29, 0.717) is 13.2 Å². The van der Waals surface area contributed by atoms with Gasteiger partial charge in [-0.25, -0.2) is 9.90 Å². The van der Waals surface area contributed by atoms with Gasteiger partial charge in [0, 0.05) is 0 Å². The molecule has 0 amide bonds. The van der Waals surface area contributed by atoms with E-state index in [0.717, 1.165) is 17.8 Å². The van der Waals surface area contributed by atoms with Gasteiger partial charge in [0.25, 0.3) is 0 Å². The second-order valence-electron chi connectivity index (χ2n) is 6.78. The van der Waals surface area contributed by atoms with Gasteiger partial charge in [0.2, 0.25) is 0 Å². The molecule has 1 radical (unpaired) electrons. The van der Waals surface area contributed by atoms with Gasteiger partial charge >= 0.3 is 5.97 Å². The first kappa shape index (κ1) is 13.4. The molecule has 0 aromatic rings. The molecule has 0 spiro atoms. The molecule has 4 heteroatoms. The molecule has 4 saturated carbocycles. The molecule has 4 bridgehead atoms. The van der Waals surface area contributed by atoms with E-state index in [1.807, 2.05) is 0 Å². The van der Waals surface area contributed by atoms with Crippen molar-refractivity contribution >= 4 is 5.97 Å². The number of ether oxygens (including phenoxy) is 2. The summed E-state index contributed by atoms with van der Waals surface area (Å²) in [5.41, 5.74) is 0.0861. The molecule has 1 unspecified atom stereocenters. The van der Waals surface area contributed by atoms with Crippen molar-refractivity contribution in [1.82, 2.24) is 0 Å². The summed E-state index contributed by atoms with van der Waals surface area (Å²) in [7, 11) is 0. The summed E-state index contributed by atoms with van der Waals surface area (Å²) in [6.45, 7) is 2.35. The van der Waals surface area contributed by atoms with E-state index in [-0.39, 0.29) is 5.60 Å². The molecule has 0 aromatic heterocycles. The third-order valence-corrected chi connectivity index (χ3v) is 5.17. The molecule has 4 nitrogen and oxygen atoms in total. The topological polar surface area (TPSA) is 55.4 Å². The van der Waals surface area contributed by atoms with Crippen LogP contribution >= 0.6 is 0 Å². The monoisotopic (exact) mass is 267 g/mol. The zero-order valence-corrected chi connectivity index (χ0v) is 11.6. The van der Waals surface area contributed by atoms with Crippen LogP contribution in [-0.2, 0) is 19.4 Å². The van der Waals surface area contributed by atoms with Gasteiger partial charge in [-0.2, -0.15) is 0 Å². The van der Waals surface area contributed by atoms with Crippen LogP contribution in [0.4, 0.5) is 0 Å². The number of rotatable bonds is 6. The van der Waals surface area contributed by atoms with Crippen LogP contribution in [0.2, 0.25) is 0 Å². The molecule has 0 saturated heterocycles. The molecule has 1 atom stereocenters. The molecule has 19 heavy (non-hydrogen) atoms. The Morgan fingerprint density at radius 3 is 2.11 bits per heavy atom. The van der Waals surface area contributed by atoms with Crippen molar-refractivity contribution in [3.8, 4) is 0 Å². The average Bonchev–Trinajstić information content (AvgIpc) is 2.32. The van der Waals surface area contributed by atoms with Crippen LogP contribution in [0, 0.1) is 17.8 Å². The lowest BCUT2D eigenvalue weighted by Crippen LogP contribution is -2.52. The SMILES string of the molecule is CC(OCCOC12CC3CC(CC(C3)C1)C2)C([O])=O. The lowest BCUT2D eigenvalue weighted by atomic mass is 9.54. The van der Waals surface area contributed by atoms with Crippen LogP contribution in [0.5, 0.6) is 0 Å². The number of hydrogen-bond acceptors (Lipinski definition) is 3. The van der Waals surface area contributed by atoms with Crippen LogP contribution < -0.4 is 0 Å². The fraction of sp³-hybridized carbons (Fsp3) is 0.933. The Balaban J connectivity index is 1.46. The molecule has 4 aliphatic carbocycles. The van der Waals surface area contributed by atoms with E-state index in [4.69, 9.17) is 9.47 Å². The van der Waals surface area contributed by atoms with Crippen LogP contribution in [0.3, 0.4) is 0 Å². The molecular formula is C15H23O4. The largest absolute Gasteiger partial charge is 0.383 e. The maximum Gasteiger partial charge on any atom is 0.383 e. The standard InChI is InChI=1S/C15H23O4/c1-10(14(16)17)18-2-3-19-15-7-11-4-12(8-15)6-13(5-11)9-15/h10-13H,2-9H2,1H3. The van der Waals surface area contributed by atoms with Gasteiger partial charge in [-0.05, 0) is 63.2 Å². The van der Waals surface area contributed by atoms with Gasteiger partial charge in [0.1, 0.15) is 0 Å². The quantitative estimate of drug-likeness (QED) is 0.694. The van der Waals surface area contributed by atoms with Crippen LogP contribution in [0.15, 0.2) is 0 Å². The molecular weight excluding hydrogens is 244 g/mol. The summed E-state index contributed by atoms with van der Waals surface area (Å²) < 4.78 is 11.3. The van der Waals surface area contributed by atoms with Crippen molar-refractivity contribution in [3.63, 3.8) is 0 Å². The van der Waals surface area contributed by atoms with E-state index in [2.05, 4.69) is 0 Å². The van der Waals surface area contributed by atoms with E-state index >= 15 is 0 Å². The summed E-state index contributed by atoms with van der Waals surface area (Å²) >= 11 is 0. The number of carbonyl (C=O) groups is 1. The first-order valence-electron chi connectivity index (χ1n) is 7.53. The highest BCUT2D eigenvalue weighted by atomic mass is 16.6. The van der Waals surface area contributed by atoms with Crippen LogP contribution in [-0.4, -0.2) is 30.9 Å². The normalized spacial score (nSPS) is 41.4. The predicted octanol–water partition coefficient (Wildman–Crippen LogP) is 2.33. The van der Waals surface area contributed by atoms with E-state index in [1.54, 1.807) is 0 Å². The summed E-state index contributed by atoms with van der Waals surface area (Å²) in [6, 6.07) is 0. The zero-order valence-electron chi connectivity index (χ0n) is 11.6. The highest BCUT2D eigenvalue weighted by molar-refractivity contribution is 5.71. The van der Waals surface area contributed by atoms with Crippen molar-refractivity contribution in [2.75, 3.05) is 13.2 Å². The van der Waals surface area contributed by atoms with Crippen molar-refractivity contribution in [2.45, 2.75) is 57.2 Å². The fourth-order valence-corrected chi connectivity index (χ4v) is 4.76. The van der Waals surface area contributed by atoms with Gasteiger partial charge in [-0.3, -0.25) is 0 Å². The Labute approximate surface area is 114 Å². The first-order chi connectivity index (χ1) is 9.06. The summed E-state index contributed by atoms with van der Waals surface area (Å²) in [6.07, 6.45) is 6.97. The molecule has 4 fully saturated rings. The fourth-order valence-electron chi connectivity index (χ4n) is 4.76. The Morgan fingerprint density at radius 2 is 1.63 bits per heavy atom. The Morgan fingerprint density at radius 1 is 1.11 bits per heavy atom. The molecule has 0 aliphatic heterocycles. The molecule has 4 aliphatic rings. The third-order valence-electron chi connectivity index (χ3n) is 5.17. The minimum Gasteiger partial charge on any atom is -0.373 e. The van der Waals surface area contributed by atoms with Crippen LogP contribution in [0.1, 0.15) is 45.4 Å². The highest BCUT2D eigenvalue weighted by Crippen LogP contribution is 2.57. The first-order valence-corrected chi connectivity index (χ1v) is 7.53. The lowest BCUT2D eigenvalue weighted by molar-refractivity contribution is -0.175. The Kier molecular flexibility index (Phi) is 3.56. The Bertz CT molecular complexity index is 317. The van der Waals surface area contributed by atoms with Crippen molar-refractivity contribution in [3.05, 3.63) is 0 Å². The summed E-state index contributed by atoms with van der Waals surface area (Å²) in [4.78, 5) is 10.5. The smallest absolute Gasteiger partial charge is 0.373 e. The van der Waals surface area contributed by atoms with E-state index in [1.165, 1.54) is 45.4 Å².